The van der Waals surface area contributed by atoms with Gasteiger partial charge in [-0.1, -0.05) is 6.07 Å². The maximum atomic E-state index is 12.2. The Bertz CT molecular complexity index is 571. The van der Waals surface area contributed by atoms with Gasteiger partial charge in [-0.05, 0) is 17.7 Å². The molecule has 1 aromatic rings. The molecular weight excluding hydrogens is 274 g/mol. The fraction of sp³-hybridized carbons (Fsp3) is 0.286. The van der Waals surface area contributed by atoms with Crippen molar-refractivity contribution in [1.29, 1.82) is 0 Å². The lowest BCUT2D eigenvalue weighted by molar-refractivity contribution is -0.146. The number of carboxylic acids is 1. The molecule has 2 rings (SSSR count). The van der Waals surface area contributed by atoms with Crippen molar-refractivity contribution in [2.45, 2.75) is 12.5 Å². The number of pyridine rings is 1. The van der Waals surface area contributed by atoms with Crippen molar-refractivity contribution in [3.8, 4) is 0 Å². The highest BCUT2D eigenvalue weighted by atomic mass is 16.4. The number of carboxylic acid groups (broad SMARTS) is 1. The zero-order valence-corrected chi connectivity index (χ0v) is 11.2. The zero-order chi connectivity index (χ0) is 15.2. The van der Waals surface area contributed by atoms with E-state index in [1.54, 1.807) is 30.6 Å². The summed E-state index contributed by atoms with van der Waals surface area (Å²) in [7, 11) is 0. The molecule has 0 spiro atoms. The van der Waals surface area contributed by atoms with Crippen LogP contribution >= 0.6 is 0 Å². The van der Waals surface area contributed by atoms with Crippen LogP contribution in [-0.2, 0) is 14.4 Å². The van der Waals surface area contributed by atoms with Gasteiger partial charge in [-0.15, -0.1) is 0 Å². The van der Waals surface area contributed by atoms with Gasteiger partial charge in [-0.2, -0.15) is 0 Å². The van der Waals surface area contributed by atoms with E-state index >= 15 is 0 Å². The zero-order valence-electron chi connectivity index (χ0n) is 11.2. The number of amides is 2. The maximum Gasteiger partial charge on any atom is 0.305 e. The number of carbonyl (C=O) groups excluding carboxylic acids is 2. The Hall–Kier alpha value is -2.70. The van der Waals surface area contributed by atoms with E-state index in [4.69, 9.17) is 5.11 Å². The molecule has 2 heterocycles. The van der Waals surface area contributed by atoms with Gasteiger partial charge in [0.2, 0.25) is 11.8 Å². The minimum atomic E-state index is -1.12. The number of carbonyl (C=O) groups is 3. The molecule has 1 aromatic heterocycles. The van der Waals surface area contributed by atoms with Crippen LogP contribution in [0.25, 0.3) is 6.08 Å². The van der Waals surface area contributed by atoms with E-state index in [2.05, 4.69) is 10.3 Å². The van der Waals surface area contributed by atoms with Crippen molar-refractivity contribution in [1.82, 2.24) is 15.2 Å². The molecule has 7 heteroatoms. The number of rotatable bonds is 4. The smallest absolute Gasteiger partial charge is 0.305 e. The number of aliphatic carboxylic acids is 1. The van der Waals surface area contributed by atoms with E-state index in [1.165, 1.54) is 11.0 Å². The fourth-order valence-corrected chi connectivity index (χ4v) is 2.08. The molecule has 0 aliphatic carbocycles. The predicted molar refractivity (Wildman–Crippen MR) is 74.0 cm³/mol. The normalized spacial score (nSPS) is 18.6. The lowest BCUT2D eigenvalue weighted by Crippen LogP contribution is -2.57. The summed E-state index contributed by atoms with van der Waals surface area (Å²) in [5.41, 5.74) is 0.752. The lowest BCUT2D eigenvalue weighted by atomic mass is 10.1. The van der Waals surface area contributed by atoms with Crippen LogP contribution in [-0.4, -0.2) is 51.9 Å². The van der Waals surface area contributed by atoms with Crippen LogP contribution in [0.5, 0.6) is 0 Å². The van der Waals surface area contributed by atoms with E-state index in [0.717, 1.165) is 5.56 Å². The summed E-state index contributed by atoms with van der Waals surface area (Å²) in [5, 5.41) is 11.4. The second kappa shape index (κ2) is 6.65. The van der Waals surface area contributed by atoms with E-state index in [9.17, 15) is 14.4 Å². The quantitative estimate of drug-likeness (QED) is 0.754. The van der Waals surface area contributed by atoms with Crippen molar-refractivity contribution in [3.63, 3.8) is 0 Å². The fourth-order valence-electron chi connectivity index (χ4n) is 2.08. The molecule has 0 bridgehead atoms. The van der Waals surface area contributed by atoms with Gasteiger partial charge >= 0.3 is 5.97 Å². The molecule has 110 valence electrons. The Morgan fingerprint density at radius 3 is 3.00 bits per heavy atom. The number of aromatic nitrogens is 1. The minimum Gasteiger partial charge on any atom is -0.481 e. The van der Waals surface area contributed by atoms with Crippen LogP contribution in [0.15, 0.2) is 30.6 Å². The summed E-state index contributed by atoms with van der Waals surface area (Å²) in [6.07, 6.45) is 5.72. The molecule has 1 fully saturated rings. The van der Waals surface area contributed by atoms with Gasteiger partial charge in [0.15, 0.2) is 0 Å². The third-order valence-electron chi connectivity index (χ3n) is 3.08. The molecule has 0 radical (unpaired) electrons. The summed E-state index contributed by atoms with van der Waals surface area (Å²) in [4.78, 5) is 39.9. The Labute approximate surface area is 121 Å². The van der Waals surface area contributed by atoms with Gasteiger partial charge < -0.3 is 15.3 Å². The van der Waals surface area contributed by atoms with Gasteiger partial charge in [0.05, 0.1) is 6.42 Å². The predicted octanol–water partition coefficient (Wildman–Crippen LogP) is -0.103. The van der Waals surface area contributed by atoms with Crippen LogP contribution in [0.1, 0.15) is 12.0 Å². The summed E-state index contributed by atoms with van der Waals surface area (Å²) >= 11 is 0. The van der Waals surface area contributed by atoms with Crippen LogP contribution < -0.4 is 5.32 Å². The number of nitrogens with zero attached hydrogens (tertiary/aromatic N) is 2. The van der Waals surface area contributed by atoms with Gasteiger partial charge in [0.25, 0.3) is 0 Å². The minimum absolute atomic E-state index is 0.292. The lowest BCUT2D eigenvalue weighted by Gasteiger charge is -2.33. The molecule has 0 saturated carbocycles. The third-order valence-corrected chi connectivity index (χ3v) is 3.08. The molecule has 1 unspecified atom stereocenters. The standard InChI is InChI=1S/C14H15N3O4/c18-12(4-3-10-2-1-5-15-9-10)17-7-6-16-14(21)11(17)8-13(19)20/h1-5,9,11H,6-8H2,(H,16,21)(H,19,20). The first-order chi connectivity index (χ1) is 10.1. The number of hydrogen-bond acceptors (Lipinski definition) is 4. The summed E-state index contributed by atoms with van der Waals surface area (Å²) in [5.74, 6) is -1.95. The average molecular weight is 289 g/mol. The largest absolute Gasteiger partial charge is 0.481 e. The SMILES string of the molecule is O=C(O)CC1C(=O)NCCN1C(=O)C=Cc1cccnc1. The molecule has 1 aliphatic heterocycles. The van der Waals surface area contributed by atoms with Gasteiger partial charge in [0, 0.05) is 31.6 Å². The summed E-state index contributed by atoms with van der Waals surface area (Å²) < 4.78 is 0. The second-order valence-corrected chi connectivity index (χ2v) is 4.56. The number of nitrogens with one attached hydrogen (secondary N) is 1. The number of hydrogen-bond donors (Lipinski definition) is 2. The summed E-state index contributed by atoms with van der Waals surface area (Å²) in [6.45, 7) is 0.612. The second-order valence-electron chi connectivity index (χ2n) is 4.56. The molecule has 2 N–H and O–H groups in total. The van der Waals surface area contributed by atoms with E-state index in [0.29, 0.717) is 13.1 Å². The van der Waals surface area contributed by atoms with Crippen molar-refractivity contribution >= 4 is 23.9 Å². The monoisotopic (exact) mass is 289 g/mol. The highest BCUT2D eigenvalue weighted by molar-refractivity contribution is 5.97. The van der Waals surface area contributed by atoms with Crippen molar-refractivity contribution in [3.05, 3.63) is 36.2 Å². The van der Waals surface area contributed by atoms with Gasteiger partial charge in [-0.25, -0.2) is 0 Å². The molecule has 1 atom stereocenters. The van der Waals surface area contributed by atoms with Crippen LogP contribution in [0.4, 0.5) is 0 Å². The van der Waals surface area contributed by atoms with Crippen molar-refractivity contribution in [2.75, 3.05) is 13.1 Å². The highest BCUT2D eigenvalue weighted by Gasteiger charge is 2.33. The van der Waals surface area contributed by atoms with Crippen LogP contribution in [0.2, 0.25) is 0 Å². The Kier molecular flexibility index (Phi) is 4.65. The molecule has 7 nitrogen and oxygen atoms in total. The molecule has 2 amide bonds. The Morgan fingerprint density at radius 1 is 1.52 bits per heavy atom. The first-order valence-electron chi connectivity index (χ1n) is 6.46. The molecule has 1 saturated heterocycles. The Balaban J connectivity index is 2.10. The molecule has 0 aromatic carbocycles. The van der Waals surface area contributed by atoms with E-state index in [1.807, 2.05) is 0 Å². The van der Waals surface area contributed by atoms with Gasteiger partial charge in [-0.3, -0.25) is 19.4 Å². The first kappa shape index (κ1) is 14.7. The first-order valence-corrected chi connectivity index (χ1v) is 6.46. The van der Waals surface area contributed by atoms with Crippen LogP contribution in [0.3, 0.4) is 0 Å². The van der Waals surface area contributed by atoms with Crippen molar-refractivity contribution in [2.24, 2.45) is 0 Å². The summed E-state index contributed by atoms with van der Waals surface area (Å²) in [6, 6.07) is 2.56. The van der Waals surface area contributed by atoms with Gasteiger partial charge in [0.1, 0.15) is 6.04 Å². The number of piperazine rings is 1. The topological polar surface area (TPSA) is 99.6 Å². The third kappa shape index (κ3) is 3.88. The van der Waals surface area contributed by atoms with Crippen molar-refractivity contribution < 1.29 is 19.5 Å². The Morgan fingerprint density at radius 2 is 2.33 bits per heavy atom. The van der Waals surface area contributed by atoms with Crippen LogP contribution in [0, 0.1) is 0 Å². The molecule has 1 aliphatic rings. The maximum absolute atomic E-state index is 12.2. The van der Waals surface area contributed by atoms with E-state index < -0.39 is 24.3 Å². The molecule has 21 heavy (non-hydrogen) atoms. The molecular formula is C14H15N3O4. The highest BCUT2D eigenvalue weighted by Crippen LogP contribution is 2.11. The average Bonchev–Trinajstić information content (AvgIpc) is 2.47. The van der Waals surface area contributed by atoms with E-state index in [-0.39, 0.29) is 5.91 Å².